The first kappa shape index (κ1) is 14.9. The van der Waals surface area contributed by atoms with Gasteiger partial charge < -0.3 is 15.7 Å². The number of hydrogen-bond acceptors (Lipinski definition) is 3. The fraction of sp³-hybridized carbons (Fsp3) is 0.571. The number of nitrogens with two attached hydrogens (primary N) is 1. The van der Waals surface area contributed by atoms with E-state index in [1.165, 1.54) is 6.07 Å². The number of benzene rings is 1. The van der Waals surface area contributed by atoms with E-state index < -0.39 is 0 Å². The third-order valence-electron chi connectivity index (χ3n) is 3.09. The van der Waals surface area contributed by atoms with Crippen LogP contribution in [0.5, 0.6) is 0 Å². The molecule has 18 heavy (non-hydrogen) atoms. The highest BCUT2D eigenvalue weighted by Gasteiger charge is 2.14. The van der Waals surface area contributed by atoms with E-state index >= 15 is 0 Å². The average molecular weight is 254 g/mol. The van der Waals surface area contributed by atoms with Gasteiger partial charge in [0.15, 0.2) is 0 Å². The minimum Gasteiger partial charge on any atom is -0.393 e. The van der Waals surface area contributed by atoms with Gasteiger partial charge in [0.05, 0.1) is 6.10 Å². The predicted molar refractivity (Wildman–Crippen MR) is 73.3 cm³/mol. The van der Waals surface area contributed by atoms with E-state index in [0.29, 0.717) is 18.5 Å². The third kappa shape index (κ3) is 3.68. The zero-order valence-corrected chi connectivity index (χ0v) is 11.6. The van der Waals surface area contributed by atoms with Crippen molar-refractivity contribution in [3.63, 3.8) is 0 Å². The van der Waals surface area contributed by atoms with Crippen molar-refractivity contribution in [2.24, 2.45) is 5.73 Å². The lowest BCUT2D eigenvalue weighted by atomic mass is 10.0. The second kappa shape index (κ2) is 6.16. The van der Waals surface area contributed by atoms with Crippen LogP contribution in [0.4, 0.5) is 10.1 Å². The van der Waals surface area contributed by atoms with Crippen LogP contribution in [0.3, 0.4) is 0 Å². The van der Waals surface area contributed by atoms with Crippen LogP contribution in [0.25, 0.3) is 0 Å². The Hall–Kier alpha value is -1.13. The van der Waals surface area contributed by atoms with Gasteiger partial charge in [-0.2, -0.15) is 0 Å². The van der Waals surface area contributed by atoms with Crippen LogP contribution in [0.15, 0.2) is 12.1 Å². The van der Waals surface area contributed by atoms with Crippen molar-refractivity contribution in [3.05, 3.63) is 29.1 Å². The molecule has 0 radical (unpaired) electrons. The van der Waals surface area contributed by atoms with E-state index in [-0.39, 0.29) is 18.0 Å². The van der Waals surface area contributed by atoms with E-state index in [2.05, 4.69) is 0 Å². The molecule has 0 aliphatic carbocycles. The highest BCUT2D eigenvalue weighted by atomic mass is 19.1. The number of aryl methyl sites for hydroxylation is 1. The molecule has 3 N–H and O–H groups in total. The molecule has 0 fully saturated rings. The fourth-order valence-electron chi connectivity index (χ4n) is 1.88. The molecular formula is C14H23FN2O. The second-order valence-electron chi connectivity index (χ2n) is 5.01. The summed E-state index contributed by atoms with van der Waals surface area (Å²) in [5.74, 6) is -0.227. The summed E-state index contributed by atoms with van der Waals surface area (Å²) in [6.07, 6.45) is 0.332. The molecule has 2 unspecified atom stereocenters. The Labute approximate surface area is 108 Å². The Morgan fingerprint density at radius 3 is 2.50 bits per heavy atom. The zero-order chi connectivity index (χ0) is 13.9. The molecule has 4 heteroatoms. The first-order chi connectivity index (χ1) is 8.32. The number of rotatable bonds is 5. The quantitative estimate of drug-likeness (QED) is 0.848. The highest BCUT2D eigenvalue weighted by Crippen LogP contribution is 2.27. The molecule has 102 valence electrons. The van der Waals surface area contributed by atoms with Crippen molar-refractivity contribution in [3.8, 4) is 0 Å². The molecule has 2 atom stereocenters. The molecule has 0 amide bonds. The molecule has 0 heterocycles. The van der Waals surface area contributed by atoms with Gasteiger partial charge in [-0.05, 0) is 50.5 Å². The highest BCUT2D eigenvalue weighted by molar-refractivity contribution is 5.56. The Kier molecular flexibility index (Phi) is 5.11. The first-order valence-electron chi connectivity index (χ1n) is 6.27. The molecule has 0 bridgehead atoms. The number of nitrogens with zero attached hydrogens (tertiary/aromatic N) is 1. The summed E-state index contributed by atoms with van der Waals surface area (Å²) in [7, 11) is 1.93. The molecule has 1 aromatic rings. The standard InChI is InChI=1S/C14H23FN2O/c1-9-7-14(17(4)6-5-10(2)18)12(11(3)16)8-13(9)15/h7-8,10-11,18H,5-6,16H2,1-4H3. The van der Waals surface area contributed by atoms with E-state index in [0.717, 1.165) is 11.3 Å². The molecule has 0 saturated heterocycles. The van der Waals surface area contributed by atoms with Gasteiger partial charge in [-0.3, -0.25) is 0 Å². The number of aliphatic hydroxyl groups is 1. The molecule has 1 aromatic carbocycles. The number of halogens is 1. The lowest BCUT2D eigenvalue weighted by Gasteiger charge is -2.25. The molecule has 0 spiro atoms. The minimum atomic E-state index is -0.340. The van der Waals surface area contributed by atoms with Gasteiger partial charge in [-0.15, -0.1) is 0 Å². The van der Waals surface area contributed by atoms with E-state index in [1.54, 1.807) is 13.8 Å². The Morgan fingerprint density at radius 2 is 2.00 bits per heavy atom. The van der Waals surface area contributed by atoms with Gasteiger partial charge >= 0.3 is 0 Å². The molecular weight excluding hydrogens is 231 g/mol. The molecule has 0 saturated carbocycles. The van der Waals surface area contributed by atoms with E-state index in [9.17, 15) is 9.50 Å². The number of hydrogen-bond donors (Lipinski definition) is 2. The fourth-order valence-corrected chi connectivity index (χ4v) is 1.88. The lowest BCUT2D eigenvalue weighted by Crippen LogP contribution is -2.24. The van der Waals surface area contributed by atoms with Crippen molar-refractivity contribution in [2.45, 2.75) is 39.3 Å². The van der Waals surface area contributed by atoms with Crippen molar-refractivity contribution in [1.82, 2.24) is 0 Å². The lowest BCUT2D eigenvalue weighted by molar-refractivity contribution is 0.187. The van der Waals surface area contributed by atoms with E-state index in [4.69, 9.17) is 5.73 Å². The van der Waals surface area contributed by atoms with Gasteiger partial charge in [0, 0.05) is 25.3 Å². The largest absolute Gasteiger partial charge is 0.393 e. The monoisotopic (exact) mass is 254 g/mol. The van der Waals surface area contributed by atoms with E-state index in [1.807, 2.05) is 24.9 Å². The predicted octanol–water partition coefficient (Wildman–Crippen LogP) is 2.36. The summed E-state index contributed by atoms with van der Waals surface area (Å²) in [6, 6.07) is 3.11. The molecule has 0 aromatic heterocycles. The minimum absolute atomic E-state index is 0.218. The average Bonchev–Trinajstić information content (AvgIpc) is 2.28. The first-order valence-corrected chi connectivity index (χ1v) is 6.27. The number of anilines is 1. The van der Waals surface area contributed by atoms with Gasteiger partial charge in [0.1, 0.15) is 5.82 Å². The van der Waals surface area contributed by atoms with Crippen LogP contribution >= 0.6 is 0 Å². The second-order valence-corrected chi connectivity index (χ2v) is 5.01. The van der Waals surface area contributed by atoms with Crippen molar-refractivity contribution >= 4 is 5.69 Å². The van der Waals surface area contributed by atoms with Crippen LogP contribution in [0.1, 0.15) is 37.4 Å². The SMILES string of the molecule is Cc1cc(N(C)CCC(C)O)c(C(C)N)cc1F. The summed E-state index contributed by atoms with van der Waals surface area (Å²) in [5.41, 5.74) is 8.23. The third-order valence-corrected chi connectivity index (χ3v) is 3.09. The van der Waals surface area contributed by atoms with Gasteiger partial charge in [-0.1, -0.05) is 0 Å². The normalized spacial score (nSPS) is 14.4. The zero-order valence-electron chi connectivity index (χ0n) is 11.6. The van der Waals surface area contributed by atoms with Crippen molar-refractivity contribution in [2.75, 3.05) is 18.5 Å². The molecule has 1 rings (SSSR count). The maximum absolute atomic E-state index is 13.6. The van der Waals surface area contributed by atoms with Crippen molar-refractivity contribution in [1.29, 1.82) is 0 Å². The van der Waals surface area contributed by atoms with Crippen LogP contribution in [0.2, 0.25) is 0 Å². The Morgan fingerprint density at radius 1 is 1.39 bits per heavy atom. The Balaban J connectivity index is 3.02. The maximum atomic E-state index is 13.6. The van der Waals surface area contributed by atoms with Crippen LogP contribution in [0, 0.1) is 12.7 Å². The molecule has 0 aliphatic rings. The smallest absolute Gasteiger partial charge is 0.126 e. The summed E-state index contributed by atoms with van der Waals surface area (Å²) in [5, 5.41) is 9.31. The van der Waals surface area contributed by atoms with Crippen molar-refractivity contribution < 1.29 is 9.50 Å². The summed E-state index contributed by atoms with van der Waals surface area (Å²) >= 11 is 0. The molecule has 0 aliphatic heterocycles. The van der Waals surface area contributed by atoms with Crippen LogP contribution < -0.4 is 10.6 Å². The Bertz CT molecular complexity index is 405. The van der Waals surface area contributed by atoms with Gasteiger partial charge in [-0.25, -0.2) is 4.39 Å². The molecule has 3 nitrogen and oxygen atoms in total. The van der Waals surface area contributed by atoms with Crippen LogP contribution in [-0.2, 0) is 0 Å². The van der Waals surface area contributed by atoms with Gasteiger partial charge in [0.2, 0.25) is 0 Å². The maximum Gasteiger partial charge on any atom is 0.126 e. The summed E-state index contributed by atoms with van der Waals surface area (Å²) < 4.78 is 13.6. The number of aliphatic hydroxyl groups excluding tert-OH is 1. The van der Waals surface area contributed by atoms with Gasteiger partial charge in [0.25, 0.3) is 0 Å². The van der Waals surface area contributed by atoms with Crippen LogP contribution in [-0.4, -0.2) is 24.8 Å². The summed E-state index contributed by atoms with van der Waals surface area (Å²) in [4.78, 5) is 2.01. The summed E-state index contributed by atoms with van der Waals surface area (Å²) in [6.45, 7) is 6.06. The topological polar surface area (TPSA) is 49.5 Å².